The Morgan fingerprint density at radius 1 is 1.25 bits per heavy atom. The van der Waals surface area contributed by atoms with Crippen LogP contribution in [0.1, 0.15) is 37.5 Å². The van der Waals surface area contributed by atoms with E-state index in [0.717, 1.165) is 34.5 Å². The van der Waals surface area contributed by atoms with E-state index in [2.05, 4.69) is 88.9 Å². The van der Waals surface area contributed by atoms with Crippen molar-refractivity contribution < 1.29 is 4.74 Å². The zero-order valence-electron chi connectivity index (χ0n) is 17.5. The molecule has 142 valence electrons. The van der Waals surface area contributed by atoms with Crippen LogP contribution in [0.4, 0.5) is 0 Å². The highest BCUT2D eigenvalue weighted by molar-refractivity contribution is 5.57. The zero-order chi connectivity index (χ0) is 20.5. The number of methoxy groups -OCH3 is 1. The molecule has 1 aromatic carbocycles. The van der Waals surface area contributed by atoms with E-state index in [0.29, 0.717) is 0 Å². The average molecular weight is 371 g/mol. The maximum atomic E-state index is 5.33. The minimum atomic E-state index is 0.800. The summed E-state index contributed by atoms with van der Waals surface area (Å²) in [5.74, 6) is 0.800. The third-order valence-corrected chi connectivity index (χ3v) is 4.61. The molecular formula is C27H30O+2. The summed E-state index contributed by atoms with van der Waals surface area (Å²) in [4.78, 5) is 0. The number of hydrogen-bond donors (Lipinski definition) is 0. The second-order valence-corrected chi connectivity index (χ2v) is 6.80. The summed E-state index contributed by atoms with van der Waals surface area (Å²) >= 11 is 0. The van der Waals surface area contributed by atoms with Gasteiger partial charge in [0.05, 0.1) is 24.3 Å². The Kier molecular flexibility index (Phi) is 7.83. The molecule has 0 radical (unpaired) electrons. The Morgan fingerprint density at radius 3 is 2.71 bits per heavy atom. The van der Waals surface area contributed by atoms with Gasteiger partial charge < -0.3 is 4.74 Å². The molecule has 0 saturated carbocycles. The molecule has 0 aromatic heterocycles. The van der Waals surface area contributed by atoms with Crippen LogP contribution in [0.15, 0.2) is 95.9 Å². The van der Waals surface area contributed by atoms with Crippen molar-refractivity contribution in [2.75, 3.05) is 7.11 Å². The lowest BCUT2D eigenvalue weighted by Crippen LogP contribution is -1.97. The molecule has 0 bridgehead atoms. The van der Waals surface area contributed by atoms with Crippen LogP contribution < -0.4 is 0 Å². The summed E-state index contributed by atoms with van der Waals surface area (Å²) in [5, 5.41) is 0. The van der Waals surface area contributed by atoms with Crippen LogP contribution in [-0.2, 0) is 11.2 Å². The van der Waals surface area contributed by atoms with Crippen molar-refractivity contribution in [1.29, 1.82) is 0 Å². The van der Waals surface area contributed by atoms with Gasteiger partial charge in [0.2, 0.25) is 5.76 Å². The number of aryl methyl sites for hydroxylation is 1. The number of allylic oxidation sites excluding steroid dienone is 10. The van der Waals surface area contributed by atoms with Crippen molar-refractivity contribution in [1.82, 2.24) is 0 Å². The van der Waals surface area contributed by atoms with Gasteiger partial charge in [-0.05, 0) is 43.7 Å². The quantitative estimate of drug-likeness (QED) is 0.349. The first kappa shape index (κ1) is 21.2. The summed E-state index contributed by atoms with van der Waals surface area (Å²) in [7, 11) is 1.66. The molecule has 0 aliphatic heterocycles. The highest BCUT2D eigenvalue weighted by Crippen LogP contribution is 2.22. The molecule has 1 aromatic rings. The van der Waals surface area contributed by atoms with Crippen LogP contribution in [0, 0.1) is 12.8 Å². The Bertz CT molecular complexity index is 885. The largest absolute Gasteiger partial charge is 0.451 e. The van der Waals surface area contributed by atoms with E-state index < -0.39 is 0 Å². The van der Waals surface area contributed by atoms with E-state index in [1.165, 1.54) is 16.7 Å². The molecule has 0 spiro atoms. The molecule has 0 unspecified atom stereocenters. The van der Waals surface area contributed by atoms with Gasteiger partial charge in [-0.15, -0.1) is 0 Å². The highest BCUT2D eigenvalue weighted by atomic mass is 16.5. The first-order valence-electron chi connectivity index (χ1n) is 9.62. The standard InChI is InChI=1S/C27H30O/c1-7-25-16-15-23(18-26(25)8-2)12-9-20(3)17-21(4)10-13-24-14-11-22(5)27(19-24)28-6/h7,9-19H,3,5,8H2,1-2,4,6H3/q+2/b12-9+,13-10+,21-17+. The Hall–Kier alpha value is -3.06. The molecule has 1 aliphatic rings. The van der Waals surface area contributed by atoms with E-state index >= 15 is 0 Å². The van der Waals surface area contributed by atoms with Gasteiger partial charge in [0.15, 0.2) is 0 Å². The van der Waals surface area contributed by atoms with Crippen LogP contribution in [0.5, 0.6) is 0 Å². The fourth-order valence-corrected chi connectivity index (χ4v) is 3.00. The van der Waals surface area contributed by atoms with Gasteiger partial charge in [0.25, 0.3) is 0 Å². The summed E-state index contributed by atoms with van der Waals surface area (Å²) in [5.41, 5.74) is 7.95. The molecule has 0 atom stereocenters. The SMILES string of the molecule is C=C(/C=C/c1ccc([CH+]C)c(CC)c1)/C=C(C)/C=C/C1=C[CH+]C(=C)C(OC)=C1. The van der Waals surface area contributed by atoms with Crippen molar-refractivity contribution in [2.24, 2.45) is 0 Å². The average Bonchev–Trinajstić information content (AvgIpc) is 2.71. The molecule has 2 rings (SSSR count). The van der Waals surface area contributed by atoms with Gasteiger partial charge in [-0.25, -0.2) is 0 Å². The zero-order valence-corrected chi connectivity index (χ0v) is 17.5. The summed E-state index contributed by atoms with van der Waals surface area (Å²) in [6, 6.07) is 6.57. The lowest BCUT2D eigenvalue weighted by molar-refractivity contribution is 0.301. The first-order valence-corrected chi connectivity index (χ1v) is 9.62. The number of ether oxygens (including phenoxy) is 1. The third kappa shape index (κ3) is 5.99. The molecule has 0 amide bonds. The molecule has 0 saturated heterocycles. The van der Waals surface area contributed by atoms with Crippen molar-refractivity contribution in [3.05, 3.63) is 125 Å². The van der Waals surface area contributed by atoms with Gasteiger partial charge in [0, 0.05) is 56.0 Å². The molecule has 0 N–H and O–H groups in total. The Balaban J connectivity index is 2.03. The maximum absolute atomic E-state index is 5.33. The summed E-state index contributed by atoms with van der Waals surface area (Å²) in [6.45, 7) is 14.4. The van der Waals surface area contributed by atoms with E-state index in [-0.39, 0.29) is 0 Å². The van der Waals surface area contributed by atoms with Gasteiger partial charge in [0.1, 0.15) is 11.1 Å². The first-order chi connectivity index (χ1) is 13.5. The van der Waals surface area contributed by atoms with Crippen LogP contribution in [0.25, 0.3) is 6.08 Å². The van der Waals surface area contributed by atoms with Crippen molar-refractivity contribution in [3.8, 4) is 0 Å². The fraction of sp³-hybridized carbons (Fsp3) is 0.185. The molecule has 28 heavy (non-hydrogen) atoms. The van der Waals surface area contributed by atoms with E-state index in [1.807, 2.05) is 18.6 Å². The summed E-state index contributed by atoms with van der Waals surface area (Å²) < 4.78 is 5.33. The predicted octanol–water partition coefficient (Wildman–Crippen LogP) is 7.12. The molecule has 1 nitrogen and oxygen atoms in total. The lowest BCUT2D eigenvalue weighted by atomic mass is 9.99. The second-order valence-electron chi connectivity index (χ2n) is 6.80. The van der Waals surface area contributed by atoms with Crippen molar-refractivity contribution in [2.45, 2.75) is 27.2 Å². The maximum Gasteiger partial charge on any atom is 0.215 e. The molecule has 1 aliphatic carbocycles. The van der Waals surface area contributed by atoms with Gasteiger partial charge in [-0.3, -0.25) is 0 Å². The van der Waals surface area contributed by atoms with Crippen LogP contribution in [0.2, 0.25) is 0 Å². The second kappa shape index (κ2) is 10.3. The minimum absolute atomic E-state index is 0.800. The van der Waals surface area contributed by atoms with Crippen LogP contribution >= 0.6 is 0 Å². The predicted molar refractivity (Wildman–Crippen MR) is 123 cm³/mol. The lowest BCUT2D eigenvalue weighted by Gasteiger charge is -2.05. The smallest absolute Gasteiger partial charge is 0.215 e. The topological polar surface area (TPSA) is 9.23 Å². The molecule has 0 fully saturated rings. The van der Waals surface area contributed by atoms with Gasteiger partial charge in [-0.1, -0.05) is 24.8 Å². The Morgan fingerprint density at radius 2 is 2.04 bits per heavy atom. The summed E-state index contributed by atoms with van der Waals surface area (Å²) in [6.07, 6.45) is 19.6. The van der Waals surface area contributed by atoms with E-state index in [4.69, 9.17) is 4.74 Å². The molecular weight excluding hydrogens is 340 g/mol. The van der Waals surface area contributed by atoms with Crippen molar-refractivity contribution >= 4 is 6.08 Å². The van der Waals surface area contributed by atoms with E-state index in [9.17, 15) is 0 Å². The highest BCUT2D eigenvalue weighted by Gasteiger charge is 2.16. The molecule has 0 heterocycles. The third-order valence-electron chi connectivity index (χ3n) is 4.61. The van der Waals surface area contributed by atoms with Gasteiger partial charge >= 0.3 is 0 Å². The number of rotatable bonds is 8. The van der Waals surface area contributed by atoms with Crippen LogP contribution in [0.3, 0.4) is 0 Å². The van der Waals surface area contributed by atoms with Crippen molar-refractivity contribution in [3.63, 3.8) is 0 Å². The van der Waals surface area contributed by atoms with Crippen LogP contribution in [-0.4, -0.2) is 7.11 Å². The van der Waals surface area contributed by atoms with E-state index in [1.54, 1.807) is 7.11 Å². The fourth-order valence-electron chi connectivity index (χ4n) is 3.00. The number of benzene rings is 1. The minimum Gasteiger partial charge on any atom is -0.451 e. The normalized spacial score (nSPS) is 14.7. The van der Waals surface area contributed by atoms with Gasteiger partial charge in [-0.2, -0.15) is 0 Å². The molecule has 1 heteroatoms. The number of hydrogen-bond acceptors (Lipinski definition) is 1. The Labute approximate surface area is 170 Å². The monoisotopic (exact) mass is 370 g/mol.